The van der Waals surface area contributed by atoms with Crippen molar-refractivity contribution in [3.63, 3.8) is 0 Å². The topological polar surface area (TPSA) is 29.5 Å². The molecule has 0 aliphatic carbocycles. The van der Waals surface area contributed by atoms with Gasteiger partial charge in [-0.2, -0.15) is 0 Å². The van der Waals surface area contributed by atoms with Gasteiger partial charge in [0.15, 0.2) is 0 Å². The smallest absolute Gasteiger partial charge is 0.251 e. The molecule has 0 aromatic heterocycles. The van der Waals surface area contributed by atoms with E-state index in [1.807, 2.05) is 0 Å². The molecule has 2 atom stereocenters. The lowest BCUT2D eigenvalue weighted by Gasteiger charge is -2.23. The maximum Gasteiger partial charge on any atom is 0.251 e. The van der Waals surface area contributed by atoms with Gasteiger partial charge in [0.25, 0.3) is 5.91 Å². The lowest BCUT2D eigenvalue weighted by molar-refractivity contribution is -0.140. The van der Waals surface area contributed by atoms with Crippen LogP contribution in [0.25, 0.3) is 0 Å². The molecule has 2 unspecified atom stereocenters. The van der Waals surface area contributed by atoms with Gasteiger partial charge in [-0.05, 0) is 18.3 Å². The molecule has 0 saturated carbocycles. The summed E-state index contributed by atoms with van der Waals surface area (Å²) in [5.74, 6) is 1.03. The fraction of sp³-hybridized carbons (Fsp3) is 0.900. The van der Waals surface area contributed by atoms with Gasteiger partial charge in [-0.15, -0.1) is 0 Å². The molecule has 3 heteroatoms. The molecule has 1 amide bonds. The molecule has 0 aromatic rings. The lowest BCUT2D eigenvalue weighted by Crippen LogP contribution is -2.38. The maximum atomic E-state index is 11.7. The summed E-state index contributed by atoms with van der Waals surface area (Å²) in [6.07, 6.45) is 0.817. The predicted molar refractivity (Wildman–Crippen MR) is 51.4 cm³/mol. The summed E-state index contributed by atoms with van der Waals surface area (Å²) < 4.78 is 5.46. The van der Waals surface area contributed by atoms with E-state index in [1.165, 1.54) is 0 Å². The highest BCUT2D eigenvalue weighted by molar-refractivity contribution is 5.81. The van der Waals surface area contributed by atoms with Gasteiger partial charge < -0.3 is 9.64 Å². The van der Waals surface area contributed by atoms with E-state index < -0.39 is 0 Å². The van der Waals surface area contributed by atoms with Crippen LogP contribution >= 0.6 is 0 Å². The Morgan fingerprint density at radius 2 is 2.08 bits per heavy atom. The van der Waals surface area contributed by atoms with Gasteiger partial charge in [0.1, 0.15) is 6.10 Å². The number of hydrogen-bond donors (Lipinski definition) is 0. The molecule has 76 valence electrons. The van der Waals surface area contributed by atoms with Crippen LogP contribution in [0.2, 0.25) is 0 Å². The van der Waals surface area contributed by atoms with E-state index in [9.17, 15) is 4.79 Å². The van der Waals surface area contributed by atoms with E-state index in [2.05, 4.69) is 13.8 Å². The normalized spacial score (nSPS) is 28.1. The van der Waals surface area contributed by atoms with E-state index in [4.69, 9.17) is 4.74 Å². The Morgan fingerprint density at radius 1 is 1.46 bits per heavy atom. The number of ether oxygens (including phenoxy) is 1. The molecule has 1 heterocycles. The third-order valence-corrected chi connectivity index (χ3v) is 2.68. The van der Waals surface area contributed by atoms with E-state index in [1.54, 1.807) is 19.0 Å². The summed E-state index contributed by atoms with van der Waals surface area (Å²) in [6, 6.07) is 0. The van der Waals surface area contributed by atoms with Crippen molar-refractivity contribution in [3.05, 3.63) is 0 Å². The van der Waals surface area contributed by atoms with Crippen LogP contribution in [0.3, 0.4) is 0 Å². The Balaban J connectivity index is 2.63. The first-order chi connectivity index (χ1) is 6.04. The summed E-state index contributed by atoms with van der Waals surface area (Å²) in [5, 5.41) is 0. The molecule has 0 bridgehead atoms. The molecular formula is C10H19NO2. The Labute approximate surface area is 80.1 Å². The van der Waals surface area contributed by atoms with Crippen molar-refractivity contribution in [3.8, 4) is 0 Å². The Bertz CT molecular complexity index is 189. The second-order valence-corrected chi connectivity index (χ2v) is 4.22. The minimum atomic E-state index is -0.199. The minimum absolute atomic E-state index is 0.108. The Kier molecular flexibility index (Phi) is 3.31. The summed E-state index contributed by atoms with van der Waals surface area (Å²) in [4.78, 5) is 13.3. The van der Waals surface area contributed by atoms with E-state index in [0.29, 0.717) is 11.8 Å². The van der Waals surface area contributed by atoms with Gasteiger partial charge >= 0.3 is 0 Å². The standard InChI is InChI=1S/C10H19NO2/c1-7(2)8-5-6-13-9(8)10(12)11(3)4/h7-9H,5-6H2,1-4H3. The molecule has 0 aromatic carbocycles. The van der Waals surface area contributed by atoms with Crippen molar-refractivity contribution in [2.45, 2.75) is 26.4 Å². The van der Waals surface area contributed by atoms with Crippen LogP contribution < -0.4 is 0 Å². The summed E-state index contributed by atoms with van der Waals surface area (Å²) in [5.41, 5.74) is 0. The molecule has 0 N–H and O–H groups in total. The largest absolute Gasteiger partial charge is 0.368 e. The minimum Gasteiger partial charge on any atom is -0.368 e. The first-order valence-electron chi connectivity index (χ1n) is 4.86. The van der Waals surface area contributed by atoms with Crippen LogP contribution in [0.15, 0.2) is 0 Å². The van der Waals surface area contributed by atoms with Crippen molar-refractivity contribution < 1.29 is 9.53 Å². The molecule has 13 heavy (non-hydrogen) atoms. The zero-order valence-electron chi connectivity index (χ0n) is 8.91. The highest BCUT2D eigenvalue weighted by Crippen LogP contribution is 2.28. The third-order valence-electron chi connectivity index (χ3n) is 2.68. The van der Waals surface area contributed by atoms with Crippen molar-refractivity contribution in [1.82, 2.24) is 4.90 Å². The van der Waals surface area contributed by atoms with Crippen LogP contribution in [0.5, 0.6) is 0 Å². The van der Waals surface area contributed by atoms with Gasteiger partial charge in [0, 0.05) is 20.7 Å². The summed E-state index contributed by atoms with van der Waals surface area (Å²) in [7, 11) is 3.56. The van der Waals surface area contributed by atoms with Crippen LogP contribution in [0, 0.1) is 11.8 Å². The first kappa shape index (κ1) is 10.5. The van der Waals surface area contributed by atoms with Crippen LogP contribution in [-0.2, 0) is 9.53 Å². The van der Waals surface area contributed by atoms with Crippen molar-refractivity contribution >= 4 is 5.91 Å². The monoisotopic (exact) mass is 185 g/mol. The second-order valence-electron chi connectivity index (χ2n) is 4.22. The zero-order chi connectivity index (χ0) is 10.0. The van der Waals surface area contributed by atoms with Crippen LogP contribution in [0.4, 0.5) is 0 Å². The van der Waals surface area contributed by atoms with Crippen LogP contribution in [0.1, 0.15) is 20.3 Å². The average molecular weight is 185 g/mol. The molecule has 1 aliphatic heterocycles. The second kappa shape index (κ2) is 4.09. The zero-order valence-corrected chi connectivity index (χ0v) is 8.91. The SMILES string of the molecule is CC(C)C1CCOC1C(=O)N(C)C. The predicted octanol–water partition coefficient (Wildman–Crippen LogP) is 1.14. The molecular weight excluding hydrogens is 166 g/mol. The fourth-order valence-electron chi connectivity index (χ4n) is 1.80. The van der Waals surface area contributed by atoms with Gasteiger partial charge in [0.05, 0.1) is 0 Å². The average Bonchev–Trinajstić information content (AvgIpc) is 2.50. The molecule has 1 aliphatic rings. The van der Waals surface area contributed by atoms with Crippen molar-refractivity contribution in [2.75, 3.05) is 20.7 Å². The maximum absolute atomic E-state index is 11.7. The molecule has 0 radical (unpaired) electrons. The van der Waals surface area contributed by atoms with Crippen LogP contribution in [-0.4, -0.2) is 37.6 Å². The number of carbonyl (C=O) groups excluding carboxylic acids is 1. The van der Waals surface area contributed by atoms with E-state index in [-0.39, 0.29) is 12.0 Å². The number of rotatable bonds is 2. The highest BCUT2D eigenvalue weighted by atomic mass is 16.5. The molecule has 3 nitrogen and oxygen atoms in total. The number of carbonyl (C=O) groups is 1. The lowest BCUT2D eigenvalue weighted by atomic mass is 9.89. The van der Waals surface area contributed by atoms with Gasteiger partial charge in [-0.25, -0.2) is 0 Å². The molecule has 1 fully saturated rings. The number of amides is 1. The number of hydrogen-bond acceptors (Lipinski definition) is 2. The number of nitrogens with zero attached hydrogens (tertiary/aromatic N) is 1. The quantitative estimate of drug-likeness (QED) is 0.645. The van der Waals surface area contributed by atoms with Gasteiger partial charge in [-0.3, -0.25) is 4.79 Å². The summed E-state index contributed by atoms with van der Waals surface area (Å²) >= 11 is 0. The molecule has 1 rings (SSSR count). The van der Waals surface area contributed by atoms with E-state index >= 15 is 0 Å². The van der Waals surface area contributed by atoms with Crippen molar-refractivity contribution in [1.29, 1.82) is 0 Å². The van der Waals surface area contributed by atoms with Gasteiger partial charge in [0.2, 0.25) is 0 Å². The van der Waals surface area contributed by atoms with Gasteiger partial charge in [-0.1, -0.05) is 13.8 Å². The van der Waals surface area contributed by atoms with E-state index in [0.717, 1.165) is 13.0 Å². The summed E-state index contributed by atoms with van der Waals surface area (Å²) in [6.45, 7) is 5.03. The Morgan fingerprint density at radius 3 is 2.54 bits per heavy atom. The molecule has 1 saturated heterocycles. The third kappa shape index (κ3) is 2.21. The Hall–Kier alpha value is -0.570. The fourth-order valence-corrected chi connectivity index (χ4v) is 1.80. The highest BCUT2D eigenvalue weighted by Gasteiger charge is 2.36. The number of likely N-dealkylation sites (N-methyl/N-ethyl adjacent to an activating group) is 1. The molecule has 0 spiro atoms. The van der Waals surface area contributed by atoms with Crippen molar-refractivity contribution in [2.24, 2.45) is 11.8 Å². The first-order valence-corrected chi connectivity index (χ1v) is 4.86.